The third kappa shape index (κ3) is 4.97. The lowest BCUT2D eigenvalue weighted by Crippen LogP contribution is -2.35. The van der Waals surface area contributed by atoms with E-state index in [1.807, 2.05) is 0 Å². The maximum atomic E-state index is 11.6. The van der Waals surface area contributed by atoms with Gasteiger partial charge in [-0.25, -0.2) is 9.52 Å². The van der Waals surface area contributed by atoms with Gasteiger partial charge in [-0.2, -0.15) is 8.42 Å². The van der Waals surface area contributed by atoms with E-state index < -0.39 is 16.3 Å². The van der Waals surface area contributed by atoms with Crippen LogP contribution < -0.4 is 9.44 Å². The van der Waals surface area contributed by atoms with Crippen LogP contribution in [0.4, 0.5) is 10.5 Å². The summed E-state index contributed by atoms with van der Waals surface area (Å²) in [6.07, 6.45) is -1.13. The largest absolute Gasteiger partial charge is 0.452 e. The number of rotatable bonds is 3. The lowest BCUT2D eigenvalue weighted by Gasteiger charge is -2.10. The van der Waals surface area contributed by atoms with E-state index in [1.54, 1.807) is 10.8 Å². The fourth-order valence-electron chi connectivity index (χ4n) is 1.14. The van der Waals surface area contributed by atoms with Crippen molar-refractivity contribution in [2.75, 3.05) is 18.4 Å². The molecular formula is C11H11ClN2O5S. The fourth-order valence-corrected chi connectivity index (χ4v) is 2.18. The number of benzene rings is 1. The maximum absolute atomic E-state index is 11.6. The summed E-state index contributed by atoms with van der Waals surface area (Å²) in [5, 5.41) is 8.71. The average Bonchev–Trinajstić information content (AvgIpc) is 2.38. The minimum Gasteiger partial charge on any atom is -0.452 e. The molecular weight excluding hydrogens is 308 g/mol. The quantitative estimate of drug-likeness (QED) is 0.711. The zero-order chi connectivity index (χ0) is 15.2. The lowest BCUT2D eigenvalue weighted by atomic mass is 10.2. The highest BCUT2D eigenvalue weighted by Gasteiger charge is 2.16. The second kappa shape index (κ2) is 7.00. The number of nitrogens with one attached hydrogen (secondary N) is 2. The number of carbonyl (C=O) groups is 1. The van der Waals surface area contributed by atoms with Crippen LogP contribution in [0.25, 0.3) is 0 Å². The molecule has 7 nitrogen and oxygen atoms in total. The molecule has 20 heavy (non-hydrogen) atoms. The van der Waals surface area contributed by atoms with Crippen LogP contribution in [0.5, 0.6) is 0 Å². The Morgan fingerprint density at radius 3 is 2.80 bits per heavy atom. The zero-order valence-corrected chi connectivity index (χ0v) is 11.9. The van der Waals surface area contributed by atoms with E-state index in [1.165, 1.54) is 12.1 Å². The van der Waals surface area contributed by atoms with Crippen LogP contribution >= 0.6 is 11.6 Å². The SMILES string of the molecule is COC(=O)NS(=O)(=O)Nc1cc(C#CCO)ccc1Cl. The van der Waals surface area contributed by atoms with Gasteiger partial charge >= 0.3 is 16.3 Å². The first-order chi connectivity index (χ1) is 9.38. The van der Waals surface area contributed by atoms with Crippen molar-refractivity contribution in [3.63, 3.8) is 0 Å². The Morgan fingerprint density at radius 1 is 1.50 bits per heavy atom. The lowest BCUT2D eigenvalue weighted by molar-refractivity contribution is 0.177. The highest BCUT2D eigenvalue weighted by molar-refractivity contribution is 7.91. The molecule has 0 unspecified atom stereocenters. The highest BCUT2D eigenvalue weighted by atomic mass is 35.5. The number of hydrogen-bond donors (Lipinski definition) is 3. The average molecular weight is 319 g/mol. The van der Waals surface area contributed by atoms with Crippen LogP contribution in [0.2, 0.25) is 5.02 Å². The first-order valence-electron chi connectivity index (χ1n) is 5.15. The summed E-state index contributed by atoms with van der Waals surface area (Å²) in [7, 11) is -3.13. The van der Waals surface area contributed by atoms with Gasteiger partial charge in [-0.05, 0) is 18.2 Å². The van der Waals surface area contributed by atoms with Crippen molar-refractivity contribution in [3.8, 4) is 11.8 Å². The number of anilines is 1. The Kier molecular flexibility index (Phi) is 5.64. The molecule has 0 saturated heterocycles. The number of methoxy groups -OCH3 is 1. The number of halogens is 1. The summed E-state index contributed by atoms with van der Waals surface area (Å²) in [6, 6.07) is 4.34. The molecule has 0 atom stereocenters. The number of hydrogen-bond acceptors (Lipinski definition) is 5. The predicted molar refractivity (Wildman–Crippen MR) is 73.5 cm³/mol. The molecule has 0 radical (unpaired) electrons. The van der Waals surface area contributed by atoms with Gasteiger partial charge in [0.1, 0.15) is 6.61 Å². The second-order valence-corrected chi connectivity index (χ2v) is 5.18. The third-order valence-corrected chi connectivity index (χ3v) is 3.18. The fraction of sp³-hybridized carbons (Fsp3) is 0.182. The second-order valence-electron chi connectivity index (χ2n) is 3.35. The first kappa shape index (κ1) is 16.1. The molecule has 0 saturated carbocycles. The van der Waals surface area contributed by atoms with Gasteiger partial charge in [-0.1, -0.05) is 23.4 Å². The van der Waals surface area contributed by atoms with E-state index >= 15 is 0 Å². The maximum Gasteiger partial charge on any atom is 0.422 e. The summed E-state index contributed by atoms with van der Waals surface area (Å²) in [5.41, 5.74) is 0.479. The van der Waals surface area contributed by atoms with Gasteiger partial charge < -0.3 is 9.84 Å². The van der Waals surface area contributed by atoms with E-state index in [0.717, 1.165) is 7.11 Å². The molecule has 1 rings (SSSR count). The molecule has 0 heterocycles. The van der Waals surface area contributed by atoms with Crippen molar-refractivity contribution in [1.82, 2.24) is 4.72 Å². The molecule has 1 aromatic carbocycles. The van der Waals surface area contributed by atoms with Crippen LogP contribution in [0.3, 0.4) is 0 Å². The van der Waals surface area contributed by atoms with Gasteiger partial charge in [0.15, 0.2) is 0 Å². The molecule has 1 amide bonds. The van der Waals surface area contributed by atoms with E-state index in [0.29, 0.717) is 5.56 Å². The van der Waals surface area contributed by atoms with Gasteiger partial charge in [-0.3, -0.25) is 4.72 Å². The standard InChI is InChI=1S/C11H11ClN2O5S/c1-19-11(16)14-20(17,18)13-10-7-8(3-2-6-15)4-5-9(10)12/h4-5,7,13,15H,6H2,1H3,(H,14,16). The molecule has 108 valence electrons. The van der Waals surface area contributed by atoms with E-state index in [9.17, 15) is 13.2 Å². The number of ether oxygens (including phenoxy) is 1. The van der Waals surface area contributed by atoms with Crippen molar-refractivity contribution < 1.29 is 23.1 Å². The van der Waals surface area contributed by atoms with Gasteiger partial charge in [0.2, 0.25) is 0 Å². The number of carbonyl (C=O) groups excluding carboxylic acids is 1. The Morgan fingerprint density at radius 2 is 2.20 bits per heavy atom. The monoisotopic (exact) mass is 318 g/mol. The molecule has 0 bridgehead atoms. The van der Waals surface area contributed by atoms with Gasteiger partial charge in [-0.15, -0.1) is 0 Å². The van der Waals surface area contributed by atoms with Crippen LogP contribution in [0, 0.1) is 11.8 Å². The van der Waals surface area contributed by atoms with Crippen LogP contribution in [-0.2, 0) is 14.9 Å². The van der Waals surface area contributed by atoms with Gasteiger partial charge in [0, 0.05) is 5.56 Å². The Hall–Kier alpha value is -1.95. The predicted octanol–water partition coefficient (Wildman–Crippen LogP) is 0.696. The van der Waals surface area contributed by atoms with E-state index in [2.05, 4.69) is 21.3 Å². The molecule has 0 aliphatic rings. The molecule has 0 aromatic heterocycles. The smallest absolute Gasteiger partial charge is 0.422 e. The minimum absolute atomic E-state index is 0.0350. The normalized spacial score (nSPS) is 10.2. The van der Waals surface area contributed by atoms with Crippen LogP contribution in [0.15, 0.2) is 18.2 Å². The third-order valence-electron chi connectivity index (χ3n) is 1.93. The van der Waals surface area contributed by atoms with Crippen molar-refractivity contribution in [1.29, 1.82) is 0 Å². The molecule has 1 aromatic rings. The highest BCUT2D eigenvalue weighted by Crippen LogP contribution is 2.23. The summed E-state index contributed by atoms with van der Waals surface area (Å²) in [6.45, 7) is -0.326. The Labute approximate surface area is 121 Å². The van der Waals surface area contributed by atoms with Gasteiger partial charge in [0.05, 0.1) is 17.8 Å². The van der Waals surface area contributed by atoms with Crippen molar-refractivity contribution in [2.45, 2.75) is 0 Å². The van der Waals surface area contributed by atoms with E-state index in [4.69, 9.17) is 16.7 Å². The van der Waals surface area contributed by atoms with Crippen molar-refractivity contribution in [2.24, 2.45) is 0 Å². The number of aliphatic hydroxyl groups is 1. The topological polar surface area (TPSA) is 105 Å². The summed E-state index contributed by atoms with van der Waals surface area (Å²) in [5.74, 6) is 5.01. The zero-order valence-electron chi connectivity index (χ0n) is 10.3. The van der Waals surface area contributed by atoms with Crippen molar-refractivity contribution in [3.05, 3.63) is 28.8 Å². The molecule has 0 aliphatic heterocycles. The first-order valence-corrected chi connectivity index (χ1v) is 7.02. The molecule has 9 heteroatoms. The number of amides is 1. The number of aliphatic hydroxyl groups excluding tert-OH is 1. The molecule has 0 fully saturated rings. The van der Waals surface area contributed by atoms with Crippen LogP contribution in [-0.4, -0.2) is 33.3 Å². The Balaban J connectivity index is 2.99. The molecule has 0 aliphatic carbocycles. The summed E-state index contributed by atoms with van der Waals surface area (Å²) in [4.78, 5) is 10.9. The van der Waals surface area contributed by atoms with Crippen LogP contribution in [0.1, 0.15) is 5.56 Å². The minimum atomic E-state index is -4.16. The molecule has 0 spiro atoms. The Bertz CT molecular complexity index is 663. The summed E-state index contributed by atoms with van der Waals surface area (Å²) >= 11 is 5.84. The molecule has 3 N–H and O–H groups in total. The van der Waals surface area contributed by atoms with Crippen molar-refractivity contribution >= 4 is 33.6 Å². The van der Waals surface area contributed by atoms with E-state index in [-0.39, 0.29) is 17.3 Å². The van der Waals surface area contributed by atoms with Gasteiger partial charge in [0.25, 0.3) is 0 Å². The summed E-state index contributed by atoms with van der Waals surface area (Å²) < 4.78 is 31.0.